The molecule has 2 fully saturated rings. The fourth-order valence-electron chi connectivity index (χ4n) is 3.83. The van der Waals surface area contributed by atoms with Crippen molar-refractivity contribution in [2.75, 3.05) is 19.8 Å². The standard InChI is InChI=1S/C19H28N2O3/c22-17-8-6-16(7-9-17)21-18(23)20-14-19(10-12-24-13-11-19)15-4-2-1-3-5-15/h1-5,16-17,22H,6-14H2,(H2,20,21,23). The molecule has 0 bridgehead atoms. The van der Waals surface area contributed by atoms with Crippen molar-refractivity contribution in [3.8, 4) is 0 Å². The van der Waals surface area contributed by atoms with Crippen LogP contribution in [0.2, 0.25) is 0 Å². The number of rotatable bonds is 4. The van der Waals surface area contributed by atoms with Crippen molar-refractivity contribution in [3.05, 3.63) is 35.9 Å². The summed E-state index contributed by atoms with van der Waals surface area (Å²) in [6.45, 7) is 2.10. The second-order valence-corrected chi connectivity index (χ2v) is 7.09. The molecular formula is C19H28N2O3. The van der Waals surface area contributed by atoms with Gasteiger partial charge in [0, 0.05) is 31.2 Å². The van der Waals surface area contributed by atoms with Gasteiger partial charge in [-0.15, -0.1) is 0 Å². The second kappa shape index (κ2) is 7.99. The predicted molar refractivity (Wildman–Crippen MR) is 93.0 cm³/mol. The van der Waals surface area contributed by atoms with Crippen molar-refractivity contribution >= 4 is 6.03 Å². The number of hydrogen-bond donors (Lipinski definition) is 3. The second-order valence-electron chi connectivity index (χ2n) is 7.09. The van der Waals surface area contributed by atoms with E-state index < -0.39 is 0 Å². The molecule has 1 heterocycles. The van der Waals surface area contributed by atoms with Crippen LogP contribution in [0.3, 0.4) is 0 Å². The fourth-order valence-corrected chi connectivity index (χ4v) is 3.83. The molecule has 1 aliphatic carbocycles. The summed E-state index contributed by atoms with van der Waals surface area (Å²) in [4.78, 5) is 12.3. The Balaban J connectivity index is 1.56. The van der Waals surface area contributed by atoms with Crippen molar-refractivity contribution < 1.29 is 14.6 Å². The van der Waals surface area contributed by atoms with E-state index in [2.05, 4.69) is 34.9 Å². The highest BCUT2D eigenvalue weighted by atomic mass is 16.5. The van der Waals surface area contributed by atoms with Gasteiger partial charge in [-0.25, -0.2) is 4.79 Å². The molecule has 2 amide bonds. The van der Waals surface area contributed by atoms with E-state index in [1.54, 1.807) is 0 Å². The molecule has 3 N–H and O–H groups in total. The molecule has 1 saturated heterocycles. The van der Waals surface area contributed by atoms with Gasteiger partial charge in [0.05, 0.1) is 6.10 Å². The van der Waals surface area contributed by atoms with E-state index in [4.69, 9.17) is 4.74 Å². The van der Waals surface area contributed by atoms with Crippen LogP contribution in [0.5, 0.6) is 0 Å². The third kappa shape index (κ3) is 4.28. The van der Waals surface area contributed by atoms with Gasteiger partial charge in [0.1, 0.15) is 0 Å². The lowest BCUT2D eigenvalue weighted by molar-refractivity contribution is 0.0506. The van der Waals surface area contributed by atoms with E-state index >= 15 is 0 Å². The first kappa shape index (κ1) is 17.2. The van der Waals surface area contributed by atoms with E-state index in [1.807, 2.05) is 6.07 Å². The normalized spacial score (nSPS) is 26.5. The van der Waals surface area contributed by atoms with E-state index in [9.17, 15) is 9.90 Å². The number of aliphatic hydroxyl groups is 1. The molecule has 0 atom stereocenters. The lowest BCUT2D eigenvalue weighted by Gasteiger charge is -2.38. The Morgan fingerprint density at radius 2 is 1.79 bits per heavy atom. The number of hydrogen-bond acceptors (Lipinski definition) is 3. The van der Waals surface area contributed by atoms with Gasteiger partial charge in [-0.1, -0.05) is 30.3 Å². The quantitative estimate of drug-likeness (QED) is 0.792. The molecule has 24 heavy (non-hydrogen) atoms. The number of amides is 2. The molecule has 132 valence electrons. The van der Waals surface area contributed by atoms with Gasteiger partial charge < -0.3 is 20.5 Å². The highest BCUT2D eigenvalue weighted by Crippen LogP contribution is 2.34. The third-order valence-corrected chi connectivity index (χ3v) is 5.46. The molecule has 5 heteroatoms. The molecule has 1 saturated carbocycles. The van der Waals surface area contributed by atoms with Crippen LogP contribution in [0.15, 0.2) is 30.3 Å². The monoisotopic (exact) mass is 332 g/mol. The largest absolute Gasteiger partial charge is 0.393 e. The Bertz CT molecular complexity index is 521. The number of ether oxygens (including phenoxy) is 1. The molecule has 0 spiro atoms. The number of urea groups is 1. The Labute approximate surface area is 143 Å². The number of carbonyl (C=O) groups excluding carboxylic acids is 1. The summed E-state index contributed by atoms with van der Waals surface area (Å²) in [6, 6.07) is 10.5. The van der Waals surface area contributed by atoms with Gasteiger partial charge in [-0.05, 0) is 44.1 Å². The maximum Gasteiger partial charge on any atom is 0.315 e. The molecule has 1 aliphatic heterocycles. The SMILES string of the molecule is O=C(NCC1(c2ccccc2)CCOCC1)NC1CCC(O)CC1. The van der Waals surface area contributed by atoms with Crippen LogP contribution < -0.4 is 10.6 Å². The van der Waals surface area contributed by atoms with Gasteiger partial charge in [-0.2, -0.15) is 0 Å². The highest BCUT2D eigenvalue weighted by Gasteiger charge is 2.35. The first-order chi connectivity index (χ1) is 11.7. The van der Waals surface area contributed by atoms with Gasteiger partial charge in [0.15, 0.2) is 0 Å². The van der Waals surface area contributed by atoms with E-state index in [0.717, 1.165) is 51.7 Å². The third-order valence-electron chi connectivity index (χ3n) is 5.46. The zero-order valence-electron chi connectivity index (χ0n) is 14.2. The fraction of sp³-hybridized carbons (Fsp3) is 0.632. The van der Waals surface area contributed by atoms with Crippen LogP contribution in [-0.4, -0.2) is 43.0 Å². The van der Waals surface area contributed by atoms with Crippen LogP contribution in [0, 0.1) is 0 Å². The molecule has 1 aromatic carbocycles. The highest BCUT2D eigenvalue weighted by molar-refractivity contribution is 5.74. The molecule has 1 aromatic rings. The summed E-state index contributed by atoms with van der Waals surface area (Å²) in [5, 5.41) is 15.7. The van der Waals surface area contributed by atoms with Gasteiger partial charge >= 0.3 is 6.03 Å². The van der Waals surface area contributed by atoms with E-state index in [-0.39, 0.29) is 23.6 Å². The van der Waals surface area contributed by atoms with Crippen molar-refractivity contribution in [2.45, 2.75) is 56.1 Å². The van der Waals surface area contributed by atoms with Crippen LogP contribution in [0.1, 0.15) is 44.1 Å². The summed E-state index contributed by atoms with van der Waals surface area (Å²) in [7, 11) is 0. The Morgan fingerprint density at radius 1 is 1.12 bits per heavy atom. The van der Waals surface area contributed by atoms with Crippen LogP contribution >= 0.6 is 0 Å². The minimum atomic E-state index is -0.199. The summed E-state index contributed by atoms with van der Waals surface area (Å²) in [5.74, 6) is 0. The smallest absolute Gasteiger partial charge is 0.315 e. The molecule has 2 aliphatic rings. The van der Waals surface area contributed by atoms with Crippen LogP contribution in [-0.2, 0) is 10.2 Å². The van der Waals surface area contributed by atoms with Crippen molar-refractivity contribution in [2.24, 2.45) is 0 Å². The average Bonchev–Trinajstić information content (AvgIpc) is 2.63. The minimum Gasteiger partial charge on any atom is -0.393 e. The Morgan fingerprint density at radius 3 is 2.46 bits per heavy atom. The van der Waals surface area contributed by atoms with Crippen LogP contribution in [0.4, 0.5) is 4.79 Å². The summed E-state index contributed by atoms with van der Waals surface area (Å²) < 4.78 is 5.53. The first-order valence-corrected chi connectivity index (χ1v) is 9.04. The maximum absolute atomic E-state index is 12.3. The topological polar surface area (TPSA) is 70.6 Å². The minimum absolute atomic E-state index is 0.0421. The van der Waals surface area contributed by atoms with E-state index in [0.29, 0.717) is 6.54 Å². The van der Waals surface area contributed by atoms with E-state index in [1.165, 1.54) is 5.56 Å². The summed E-state index contributed by atoms with van der Waals surface area (Å²) in [6.07, 6.45) is 4.90. The predicted octanol–water partition coefficient (Wildman–Crippen LogP) is 2.34. The Hall–Kier alpha value is -1.59. The van der Waals surface area contributed by atoms with Crippen LogP contribution in [0.25, 0.3) is 0 Å². The summed E-state index contributed by atoms with van der Waals surface area (Å²) in [5.41, 5.74) is 1.23. The number of carbonyl (C=O) groups is 1. The first-order valence-electron chi connectivity index (χ1n) is 9.04. The summed E-state index contributed by atoms with van der Waals surface area (Å²) >= 11 is 0. The zero-order chi connectivity index (χ0) is 16.8. The average molecular weight is 332 g/mol. The maximum atomic E-state index is 12.3. The molecule has 0 unspecified atom stereocenters. The Kier molecular flexibility index (Phi) is 5.74. The number of nitrogens with one attached hydrogen (secondary N) is 2. The van der Waals surface area contributed by atoms with Crippen molar-refractivity contribution in [1.29, 1.82) is 0 Å². The number of benzene rings is 1. The molecule has 5 nitrogen and oxygen atoms in total. The van der Waals surface area contributed by atoms with Gasteiger partial charge in [-0.3, -0.25) is 0 Å². The van der Waals surface area contributed by atoms with Crippen molar-refractivity contribution in [1.82, 2.24) is 10.6 Å². The zero-order valence-corrected chi connectivity index (χ0v) is 14.2. The molecule has 3 rings (SSSR count). The van der Waals surface area contributed by atoms with Gasteiger partial charge in [0.2, 0.25) is 0 Å². The lowest BCUT2D eigenvalue weighted by atomic mass is 9.74. The number of aliphatic hydroxyl groups excluding tert-OH is 1. The van der Waals surface area contributed by atoms with Gasteiger partial charge in [0.25, 0.3) is 0 Å². The molecule has 0 radical (unpaired) electrons. The molecule has 0 aromatic heterocycles. The lowest BCUT2D eigenvalue weighted by Crippen LogP contribution is -2.50. The molecular weight excluding hydrogens is 304 g/mol. The van der Waals surface area contributed by atoms with Crippen molar-refractivity contribution in [3.63, 3.8) is 0 Å².